The predicted molar refractivity (Wildman–Crippen MR) is 41.3 cm³/mol. The van der Waals surface area contributed by atoms with Crippen LogP contribution in [0.4, 0.5) is 22.0 Å². The molecule has 82 valence electrons. The van der Waals surface area contributed by atoms with Gasteiger partial charge in [-0.1, -0.05) is 0 Å². The number of rotatable bonds is 2. The van der Waals surface area contributed by atoms with Crippen molar-refractivity contribution in [2.75, 3.05) is 0 Å². The van der Waals surface area contributed by atoms with Crippen LogP contribution in [0.1, 0.15) is 17.3 Å². The van der Waals surface area contributed by atoms with Gasteiger partial charge in [-0.05, 0) is 0 Å². The van der Waals surface area contributed by atoms with Gasteiger partial charge in [0.2, 0.25) is 5.78 Å². The van der Waals surface area contributed by atoms with Crippen LogP contribution in [0.15, 0.2) is 12.1 Å². The van der Waals surface area contributed by atoms with Crippen LogP contribution in [-0.2, 0) is 0 Å². The molecule has 0 amide bonds. The lowest BCUT2D eigenvalue weighted by Gasteiger charge is -2.10. The van der Waals surface area contributed by atoms with Crippen LogP contribution in [-0.4, -0.2) is 11.7 Å². The number of alkyl halides is 2. The molecule has 0 spiro atoms. The summed E-state index contributed by atoms with van der Waals surface area (Å²) in [5, 5.41) is 0. The third-order valence-corrected chi connectivity index (χ3v) is 1.63. The molecule has 1 aromatic carbocycles. The number of halogens is 5. The van der Waals surface area contributed by atoms with Crippen molar-refractivity contribution >= 4 is 5.78 Å². The molecule has 1 rings (SSSR count). The fraction of sp³-hybridized carbons (Fsp3) is 0.222. The minimum atomic E-state index is -3.90. The first-order valence-electron chi connectivity index (χ1n) is 3.80. The normalized spacial score (nSPS) is 11.6. The average Bonchev–Trinajstić information content (AvgIpc) is 1.99. The van der Waals surface area contributed by atoms with E-state index in [0.29, 0.717) is 0 Å². The van der Waals surface area contributed by atoms with Crippen LogP contribution in [0.2, 0.25) is 0 Å². The fourth-order valence-corrected chi connectivity index (χ4v) is 0.979. The number of ketones is 1. The molecule has 0 saturated heterocycles. The number of Topliss-reactive ketones (excluding diaryl/α,β-unsaturated/α-hetero) is 1. The highest BCUT2D eigenvalue weighted by atomic mass is 19.3. The van der Waals surface area contributed by atoms with Crippen molar-refractivity contribution in [3.63, 3.8) is 0 Å². The van der Waals surface area contributed by atoms with E-state index in [4.69, 9.17) is 0 Å². The van der Waals surface area contributed by atoms with Gasteiger partial charge in [-0.15, -0.1) is 0 Å². The molecule has 0 radical (unpaired) electrons. The first-order chi connectivity index (χ1) is 6.73. The third-order valence-electron chi connectivity index (χ3n) is 1.63. The molecule has 1 aromatic rings. The fourth-order valence-electron chi connectivity index (χ4n) is 0.979. The molecule has 0 unspecified atom stereocenters. The third kappa shape index (κ3) is 2.31. The maximum atomic E-state index is 12.9. The highest BCUT2D eigenvalue weighted by molar-refractivity contribution is 6.01. The minimum Gasteiger partial charge on any atom is -0.287 e. The monoisotopic (exact) mass is 224 g/mol. The van der Waals surface area contributed by atoms with Crippen LogP contribution >= 0.6 is 0 Å². The van der Waals surface area contributed by atoms with Crippen molar-refractivity contribution < 1.29 is 26.7 Å². The zero-order chi connectivity index (χ0) is 11.8. The van der Waals surface area contributed by atoms with Crippen LogP contribution in [0.5, 0.6) is 0 Å². The van der Waals surface area contributed by atoms with E-state index in [1.165, 1.54) is 0 Å². The van der Waals surface area contributed by atoms with E-state index in [2.05, 4.69) is 0 Å². The molecular formula is C9H5F5O. The average molecular weight is 224 g/mol. The zero-order valence-corrected chi connectivity index (χ0v) is 7.45. The summed E-state index contributed by atoms with van der Waals surface area (Å²) in [6, 6.07) is 0.337. The summed E-state index contributed by atoms with van der Waals surface area (Å²) >= 11 is 0. The molecule has 0 aliphatic rings. The van der Waals surface area contributed by atoms with Crippen LogP contribution < -0.4 is 0 Å². The standard InChI is InChI=1S/C9H5F5O/c1-9(13,14)8(15)7-5(11)2-4(10)3-6(7)12/h2-3H,1H3. The molecule has 0 atom stereocenters. The number of benzene rings is 1. The van der Waals surface area contributed by atoms with Gasteiger partial charge in [0.15, 0.2) is 0 Å². The van der Waals surface area contributed by atoms with Crippen molar-refractivity contribution in [2.45, 2.75) is 12.8 Å². The molecule has 0 bridgehead atoms. The molecule has 0 aromatic heterocycles. The summed E-state index contributed by atoms with van der Waals surface area (Å²) in [5.74, 6) is -10.5. The lowest BCUT2D eigenvalue weighted by Crippen LogP contribution is -2.26. The Morgan fingerprint density at radius 2 is 1.53 bits per heavy atom. The summed E-state index contributed by atoms with van der Waals surface area (Å²) in [4.78, 5) is 10.9. The number of hydrogen-bond donors (Lipinski definition) is 0. The first kappa shape index (κ1) is 11.6. The van der Waals surface area contributed by atoms with E-state index in [1.807, 2.05) is 0 Å². The summed E-state index contributed by atoms with van der Waals surface area (Å²) in [6.07, 6.45) is 0. The van der Waals surface area contributed by atoms with Gasteiger partial charge in [0.25, 0.3) is 0 Å². The lowest BCUT2D eigenvalue weighted by atomic mass is 10.1. The van der Waals surface area contributed by atoms with E-state index < -0.39 is 34.7 Å². The highest BCUT2D eigenvalue weighted by Crippen LogP contribution is 2.23. The number of carbonyl (C=O) groups excluding carboxylic acids is 1. The maximum Gasteiger partial charge on any atom is 0.307 e. The Hall–Kier alpha value is -1.46. The Balaban J connectivity index is 3.33. The van der Waals surface area contributed by atoms with E-state index in [1.54, 1.807) is 0 Å². The van der Waals surface area contributed by atoms with E-state index in [0.717, 1.165) is 0 Å². The predicted octanol–water partition coefficient (Wildman–Crippen LogP) is 2.94. The van der Waals surface area contributed by atoms with Gasteiger partial charge in [0, 0.05) is 19.1 Å². The Morgan fingerprint density at radius 3 is 1.87 bits per heavy atom. The van der Waals surface area contributed by atoms with E-state index in [9.17, 15) is 26.7 Å². The Kier molecular flexibility index (Phi) is 2.79. The Bertz CT molecular complexity index is 384. The largest absolute Gasteiger partial charge is 0.307 e. The second-order valence-corrected chi connectivity index (χ2v) is 2.96. The summed E-state index contributed by atoms with van der Waals surface area (Å²) in [6.45, 7) is 0.206. The maximum absolute atomic E-state index is 12.9. The van der Waals surface area contributed by atoms with Crippen molar-refractivity contribution in [1.29, 1.82) is 0 Å². The van der Waals surface area contributed by atoms with Crippen molar-refractivity contribution in [1.82, 2.24) is 0 Å². The van der Waals surface area contributed by atoms with Crippen LogP contribution in [0, 0.1) is 17.5 Å². The SMILES string of the molecule is CC(F)(F)C(=O)c1c(F)cc(F)cc1F. The first-order valence-corrected chi connectivity index (χ1v) is 3.80. The molecule has 6 heteroatoms. The van der Waals surface area contributed by atoms with Crippen LogP contribution in [0.25, 0.3) is 0 Å². The van der Waals surface area contributed by atoms with Crippen molar-refractivity contribution in [3.8, 4) is 0 Å². The molecule has 0 heterocycles. The number of carbonyl (C=O) groups is 1. The number of hydrogen-bond acceptors (Lipinski definition) is 1. The molecular weight excluding hydrogens is 219 g/mol. The summed E-state index contributed by atoms with van der Waals surface area (Å²) in [7, 11) is 0. The topological polar surface area (TPSA) is 17.1 Å². The second kappa shape index (κ2) is 3.60. The van der Waals surface area contributed by atoms with Crippen molar-refractivity contribution in [3.05, 3.63) is 35.1 Å². The summed E-state index contributed by atoms with van der Waals surface area (Å²) in [5.41, 5.74) is -1.43. The Labute approximate surface area is 81.5 Å². The second-order valence-electron chi connectivity index (χ2n) is 2.96. The molecule has 1 nitrogen and oxygen atoms in total. The zero-order valence-electron chi connectivity index (χ0n) is 7.45. The van der Waals surface area contributed by atoms with Gasteiger partial charge in [-0.3, -0.25) is 4.79 Å². The highest BCUT2D eigenvalue weighted by Gasteiger charge is 2.37. The van der Waals surface area contributed by atoms with Gasteiger partial charge in [0.05, 0.1) is 5.56 Å². The molecule has 0 saturated carbocycles. The van der Waals surface area contributed by atoms with Crippen LogP contribution in [0.3, 0.4) is 0 Å². The van der Waals surface area contributed by atoms with E-state index in [-0.39, 0.29) is 19.1 Å². The van der Waals surface area contributed by atoms with Gasteiger partial charge < -0.3 is 0 Å². The smallest absolute Gasteiger partial charge is 0.287 e. The lowest BCUT2D eigenvalue weighted by molar-refractivity contribution is 0.0212. The van der Waals surface area contributed by atoms with Gasteiger partial charge >= 0.3 is 5.92 Å². The van der Waals surface area contributed by atoms with E-state index >= 15 is 0 Å². The minimum absolute atomic E-state index is 0.169. The molecule has 15 heavy (non-hydrogen) atoms. The van der Waals surface area contributed by atoms with Crippen molar-refractivity contribution in [2.24, 2.45) is 0 Å². The summed E-state index contributed by atoms with van der Waals surface area (Å²) < 4.78 is 63.1. The van der Waals surface area contributed by atoms with Gasteiger partial charge in [-0.25, -0.2) is 13.2 Å². The molecule has 0 aliphatic heterocycles. The molecule has 0 aliphatic carbocycles. The molecule has 0 fully saturated rings. The van der Waals surface area contributed by atoms with Gasteiger partial charge in [-0.2, -0.15) is 8.78 Å². The molecule has 0 N–H and O–H groups in total. The quantitative estimate of drug-likeness (QED) is 0.557. The Morgan fingerprint density at radius 1 is 1.13 bits per heavy atom. The van der Waals surface area contributed by atoms with Gasteiger partial charge in [0.1, 0.15) is 17.5 Å².